The van der Waals surface area contributed by atoms with E-state index in [1.807, 2.05) is 0 Å². The summed E-state index contributed by atoms with van der Waals surface area (Å²) in [5, 5.41) is 22.3. The molecule has 160 valence electrons. The molecule has 1 fully saturated rings. The van der Waals surface area contributed by atoms with Gasteiger partial charge in [-0.25, -0.2) is 13.6 Å². The molecule has 2 amide bonds. The maximum absolute atomic E-state index is 13.7. The maximum atomic E-state index is 13.7. The van der Waals surface area contributed by atoms with Crippen molar-refractivity contribution in [2.75, 3.05) is 13.2 Å². The minimum absolute atomic E-state index is 0.0341. The van der Waals surface area contributed by atoms with Crippen molar-refractivity contribution in [3.8, 4) is 0 Å². The lowest BCUT2D eigenvalue weighted by Crippen LogP contribution is -2.48. The van der Waals surface area contributed by atoms with Gasteiger partial charge in [-0.2, -0.15) is 0 Å². The fourth-order valence-corrected chi connectivity index (χ4v) is 3.45. The quantitative estimate of drug-likeness (QED) is 0.461. The maximum Gasteiger partial charge on any atom is 0.475 e. The number of halogens is 2. The summed E-state index contributed by atoms with van der Waals surface area (Å²) in [6.45, 7) is 2.03. The Bertz CT molecular complexity index is 935. The number of carbonyl (C=O) groups is 2. The minimum Gasteiger partial charge on any atom is -0.464 e. The average molecular weight is 422 g/mol. The molecule has 1 aliphatic heterocycles. The largest absolute Gasteiger partial charge is 0.475 e. The van der Waals surface area contributed by atoms with Gasteiger partial charge in [0, 0.05) is 11.8 Å². The van der Waals surface area contributed by atoms with Crippen LogP contribution in [0.3, 0.4) is 0 Å². The molecule has 1 unspecified atom stereocenters. The highest BCUT2D eigenvalue weighted by Gasteiger charge is 2.47. The van der Waals surface area contributed by atoms with Crippen LogP contribution in [0.2, 0.25) is 0 Å². The number of carbonyl (C=O) groups excluding carboxylic acids is 2. The lowest BCUT2D eigenvalue weighted by Gasteiger charge is -2.23. The molecule has 0 spiro atoms. The van der Waals surface area contributed by atoms with Crippen LogP contribution in [-0.4, -0.2) is 65.1 Å². The molecule has 0 radical (unpaired) electrons. The zero-order valence-corrected chi connectivity index (χ0v) is 16.0. The molecule has 30 heavy (non-hydrogen) atoms. The van der Waals surface area contributed by atoms with E-state index in [1.165, 1.54) is 6.26 Å². The van der Waals surface area contributed by atoms with Gasteiger partial charge in [-0.1, -0.05) is 24.8 Å². The van der Waals surface area contributed by atoms with E-state index in [1.54, 1.807) is 24.3 Å². The summed E-state index contributed by atoms with van der Waals surface area (Å²) in [6, 6.07) is 6.11. The summed E-state index contributed by atoms with van der Waals surface area (Å²) in [5.41, 5.74) is 1.25. The van der Waals surface area contributed by atoms with E-state index in [9.17, 15) is 28.4 Å². The molecule has 0 bridgehead atoms. The number of para-hydroxylation sites is 1. The van der Waals surface area contributed by atoms with Crippen LogP contribution >= 0.6 is 0 Å². The number of amides is 2. The number of furan rings is 1. The van der Waals surface area contributed by atoms with E-state index in [4.69, 9.17) is 9.15 Å². The van der Waals surface area contributed by atoms with Crippen LogP contribution in [-0.2, 0) is 16.0 Å². The summed E-state index contributed by atoms with van der Waals surface area (Å²) in [5.74, 6) is -4.90. The number of benzene rings is 1. The van der Waals surface area contributed by atoms with E-state index in [-0.39, 0.29) is 6.42 Å². The molecular formula is C19H21BF2N2O6. The zero-order chi connectivity index (χ0) is 21.9. The smallest absolute Gasteiger partial charge is 0.464 e. The molecule has 11 heteroatoms. The third-order valence-corrected chi connectivity index (χ3v) is 4.91. The first-order valence-corrected chi connectivity index (χ1v) is 9.25. The van der Waals surface area contributed by atoms with Crippen LogP contribution in [0.4, 0.5) is 13.6 Å². The molecule has 2 heterocycles. The van der Waals surface area contributed by atoms with Crippen LogP contribution in [0.1, 0.15) is 12.0 Å². The van der Waals surface area contributed by atoms with E-state index in [0.29, 0.717) is 11.1 Å². The zero-order valence-electron chi connectivity index (χ0n) is 16.0. The third-order valence-electron chi connectivity index (χ3n) is 4.91. The van der Waals surface area contributed by atoms with Crippen molar-refractivity contribution in [3.05, 3.63) is 48.7 Å². The Kier molecular flexibility index (Phi) is 6.42. The Labute approximate surface area is 171 Å². The van der Waals surface area contributed by atoms with Gasteiger partial charge in [0.1, 0.15) is 12.2 Å². The van der Waals surface area contributed by atoms with Gasteiger partial charge in [0.25, 0.3) is 5.92 Å². The van der Waals surface area contributed by atoms with E-state index in [2.05, 4.69) is 11.9 Å². The van der Waals surface area contributed by atoms with Crippen LogP contribution in [0, 0.1) is 0 Å². The van der Waals surface area contributed by atoms with Gasteiger partial charge in [-0.05, 0) is 24.1 Å². The number of hydrogen-bond donors (Lipinski definition) is 3. The van der Waals surface area contributed by atoms with Crippen molar-refractivity contribution in [1.29, 1.82) is 0 Å². The first kappa shape index (κ1) is 21.8. The Hall–Kier alpha value is -2.92. The molecule has 1 aromatic carbocycles. The topological polar surface area (TPSA) is 112 Å². The molecule has 8 nitrogen and oxygen atoms in total. The van der Waals surface area contributed by atoms with Crippen LogP contribution in [0.15, 0.2) is 47.6 Å². The predicted molar refractivity (Wildman–Crippen MR) is 104 cm³/mol. The average Bonchev–Trinajstić information content (AvgIpc) is 3.25. The number of fused-ring (bicyclic) bond motifs is 1. The number of ether oxygens (including phenoxy) is 1. The van der Waals surface area contributed by atoms with Crippen molar-refractivity contribution < 1.29 is 37.6 Å². The molecule has 1 aliphatic rings. The highest BCUT2D eigenvalue weighted by Crippen LogP contribution is 2.32. The number of nitrogens with one attached hydrogen (secondary N) is 1. The van der Waals surface area contributed by atoms with Crippen molar-refractivity contribution in [3.63, 3.8) is 0 Å². The van der Waals surface area contributed by atoms with E-state index in [0.717, 1.165) is 16.4 Å². The third kappa shape index (κ3) is 4.97. The first-order valence-electron chi connectivity index (χ1n) is 9.25. The Balaban J connectivity index is 1.60. The SMILES string of the molecule is C=CC(=O)N1CC(F)(F)C[C@@H]1COC(=O)NC(Cc1coc2ccccc12)B(O)O. The van der Waals surface area contributed by atoms with Gasteiger partial charge >= 0.3 is 13.2 Å². The van der Waals surface area contributed by atoms with Gasteiger partial charge in [0.2, 0.25) is 5.91 Å². The fraction of sp³-hybridized carbons (Fsp3) is 0.368. The molecule has 3 rings (SSSR count). The fourth-order valence-electron chi connectivity index (χ4n) is 3.45. The molecule has 1 aromatic heterocycles. The van der Waals surface area contributed by atoms with Crippen molar-refractivity contribution in [1.82, 2.24) is 10.2 Å². The molecular weight excluding hydrogens is 401 g/mol. The lowest BCUT2D eigenvalue weighted by atomic mass is 9.76. The lowest BCUT2D eigenvalue weighted by molar-refractivity contribution is -0.128. The van der Waals surface area contributed by atoms with Crippen molar-refractivity contribution in [2.45, 2.75) is 30.7 Å². The van der Waals surface area contributed by atoms with Crippen LogP contribution < -0.4 is 5.32 Å². The summed E-state index contributed by atoms with van der Waals surface area (Å²) in [6.07, 6.45) is 0.732. The second-order valence-electron chi connectivity index (χ2n) is 7.11. The molecule has 1 saturated heterocycles. The predicted octanol–water partition coefficient (Wildman–Crippen LogP) is 1.50. The monoisotopic (exact) mass is 422 g/mol. The molecule has 0 aliphatic carbocycles. The molecule has 0 saturated carbocycles. The Morgan fingerprint density at radius 2 is 2.17 bits per heavy atom. The second-order valence-corrected chi connectivity index (χ2v) is 7.11. The minimum atomic E-state index is -3.09. The Morgan fingerprint density at radius 3 is 2.87 bits per heavy atom. The van der Waals surface area contributed by atoms with Gasteiger partial charge in [0.05, 0.1) is 24.8 Å². The van der Waals surface area contributed by atoms with Crippen molar-refractivity contribution >= 4 is 30.1 Å². The number of likely N-dealkylation sites (tertiary alicyclic amines) is 1. The van der Waals surface area contributed by atoms with Gasteiger partial charge in [0.15, 0.2) is 0 Å². The van der Waals surface area contributed by atoms with Gasteiger partial charge < -0.3 is 29.4 Å². The number of hydrogen-bond acceptors (Lipinski definition) is 6. The number of alkyl halides is 2. The molecule has 2 atom stereocenters. The molecule has 2 aromatic rings. The highest BCUT2D eigenvalue weighted by molar-refractivity contribution is 6.43. The van der Waals surface area contributed by atoms with Crippen LogP contribution in [0.25, 0.3) is 11.0 Å². The number of nitrogens with zero attached hydrogens (tertiary/aromatic N) is 1. The number of alkyl carbamates (subject to hydrolysis) is 1. The van der Waals surface area contributed by atoms with Gasteiger partial charge in [-0.15, -0.1) is 0 Å². The summed E-state index contributed by atoms with van der Waals surface area (Å²) in [4.78, 5) is 24.8. The van der Waals surface area contributed by atoms with Gasteiger partial charge in [-0.3, -0.25) is 4.79 Å². The molecule has 3 N–H and O–H groups in total. The summed E-state index contributed by atoms with van der Waals surface area (Å²) >= 11 is 0. The first-order chi connectivity index (χ1) is 14.2. The number of rotatable bonds is 7. The van der Waals surface area contributed by atoms with E-state index < -0.39 is 56.6 Å². The van der Waals surface area contributed by atoms with Crippen LogP contribution in [0.5, 0.6) is 0 Å². The van der Waals surface area contributed by atoms with E-state index >= 15 is 0 Å². The summed E-state index contributed by atoms with van der Waals surface area (Å²) in [7, 11) is -1.90. The summed E-state index contributed by atoms with van der Waals surface area (Å²) < 4.78 is 37.7. The van der Waals surface area contributed by atoms with Crippen molar-refractivity contribution in [2.24, 2.45) is 0 Å². The normalized spacial score (nSPS) is 18.8. The highest BCUT2D eigenvalue weighted by atomic mass is 19.3. The standard InChI is InChI=1S/C19H21BF2N2O6/c1-2-17(25)24-11-19(21,22)8-13(24)10-30-18(26)23-16(20(27)28)7-12-9-29-15-6-4-3-5-14(12)15/h2-6,9,13,16,27-28H,1,7-8,10-11H2,(H,23,26)/t13-,16?/m1/s1. The second kappa shape index (κ2) is 8.84. The Morgan fingerprint density at radius 1 is 1.43 bits per heavy atom.